The van der Waals surface area contributed by atoms with E-state index in [1.54, 1.807) is 18.2 Å². The van der Waals surface area contributed by atoms with Gasteiger partial charge in [-0.1, -0.05) is 36.4 Å². The Morgan fingerprint density at radius 2 is 2.55 bits per heavy atom. The topological polar surface area (TPSA) is 9.23 Å². The van der Waals surface area contributed by atoms with Crippen molar-refractivity contribution in [1.82, 2.24) is 0 Å². The van der Waals surface area contributed by atoms with Gasteiger partial charge in [0.2, 0.25) is 0 Å². The van der Waals surface area contributed by atoms with Gasteiger partial charge in [-0.3, -0.25) is 0 Å². The van der Waals surface area contributed by atoms with Gasteiger partial charge in [-0.25, -0.2) is 0 Å². The Balaban J connectivity index is 2.69. The lowest BCUT2D eigenvalue weighted by Crippen LogP contribution is -1.92. The largest absolute Gasteiger partial charge is 0.487 e. The Hall–Kier alpha value is -0.950. The van der Waals surface area contributed by atoms with Crippen LogP contribution < -0.4 is 4.74 Å². The minimum absolute atomic E-state index is 0.459. The van der Waals surface area contributed by atoms with Crippen LogP contribution in [-0.2, 0) is 0 Å². The van der Waals surface area contributed by atoms with Crippen LogP contribution in [0.25, 0.3) is 0 Å². The molecule has 0 spiro atoms. The van der Waals surface area contributed by atoms with Crippen LogP contribution in [0.1, 0.15) is 0 Å². The fourth-order valence-corrected chi connectivity index (χ4v) is 0.836. The first-order chi connectivity index (χ1) is 5.34. The molecule has 0 amide bonds. The fourth-order valence-electron chi connectivity index (χ4n) is 0.654. The number of hydrogen-bond donors (Lipinski definition) is 0. The van der Waals surface area contributed by atoms with E-state index in [0.29, 0.717) is 17.4 Å². The number of ether oxygens (including phenoxy) is 1. The van der Waals surface area contributed by atoms with E-state index < -0.39 is 0 Å². The third-order valence-electron chi connectivity index (χ3n) is 1.12. The Morgan fingerprint density at radius 3 is 3.18 bits per heavy atom. The first kappa shape index (κ1) is 8.15. The molecule has 0 heterocycles. The van der Waals surface area contributed by atoms with E-state index >= 15 is 0 Å². The van der Waals surface area contributed by atoms with E-state index in [-0.39, 0.29) is 0 Å². The zero-order chi connectivity index (χ0) is 8.10. The van der Waals surface area contributed by atoms with Gasteiger partial charge in [-0.05, 0) is 6.07 Å². The average Bonchev–Trinajstić information content (AvgIpc) is 2.03. The summed E-state index contributed by atoms with van der Waals surface area (Å²) in [7, 11) is 0. The summed E-state index contributed by atoms with van der Waals surface area (Å²) in [5.74, 6) is 0.578. The molecular formula is C9H8ClO. The molecule has 57 valence electrons. The van der Waals surface area contributed by atoms with Gasteiger partial charge in [0.1, 0.15) is 12.4 Å². The van der Waals surface area contributed by atoms with Crippen molar-refractivity contribution < 1.29 is 4.74 Å². The molecule has 0 aliphatic heterocycles. The van der Waals surface area contributed by atoms with E-state index in [9.17, 15) is 0 Å². The summed E-state index contributed by atoms with van der Waals surface area (Å²) in [5, 5.41) is 0.578. The molecule has 0 saturated carbocycles. The van der Waals surface area contributed by atoms with Crippen molar-refractivity contribution in [2.75, 3.05) is 6.61 Å². The van der Waals surface area contributed by atoms with Crippen molar-refractivity contribution >= 4 is 11.6 Å². The van der Waals surface area contributed by atoms with E-state index in [1.165, 1.54) is 0 Å². The summed E-state index contributed by atoms with van der Waals surface area (Å²) >= 11 is 5.77. The van der Waals surface area contributed by atoms with E-state index in [4.69, 9.17) is 16.3 Å². The number of para-hydroxylation sites is 1. The lowest BCUT2D eigenvalue weighted by Gasteiger charge is -2.02. The molecule has 0 saturated heterocycles. The van der Waals surface area contributed by atoms with Gasteiger partial charge in [-0.15, -0.1) is 0 Å². The van der Waals surface area contributed by atoms with Gasteiger partial charge >= 0.3 is 0 Å². The molecule has 0 aliphatic rings. The second-order valence-electron chi connectivity index (χ2n) is 1.95. The molecule has 0 N–H and O–H groups in total. The standard InChI is InChI=1S/C9H8ClO/c1-2-7-11-9-6-4-3-5-8(9)10/h2-5H,1,7H2. The predicted octanol–water partition coefficient (Wildman–Crippen LogP) is 2.70. The highest BCUT2D eigenvalue weighted by Crippen LogP contribution is 2.22. The van der Waals surface area contributed by atoms with Crippen molar-refractivity contribution in [3.8, 4) is 5.75 Å². The summed E-state index contributed by atoms with van der Waals surface area (Å²) in [5.41, 5.74) is 0. The molecule has 0 fully saturated rings. The van der Waals surface area contributed by atoms with Crippen LogP contribution in [0.5, 0.6) is 5.75 Å². The second kappa shape index (κ2) is 4.04. The van der Waals surface area contributed by atoms with Gasteiger partial charge < -0.3 is 4.74 Å². The van der Waals surface area contributed by atoms with Crippen molar-refractivity contribution in [3.63, 3.8) is 0 Å². The maximum atomic E-state index is 5.77. The summed E-state index contributed by atoms with van der Waals surface area (Å²) in [6.45, 7) is 3.98. The third-order valence-corrected chi connectivity index (χ3v) is 1.41. The average molecular weight is 168 g/mol. The molecule has 11 heavy (non-hydrogen) atoms. The Kier molecular flexibility index (Phi) is 2.99. The Labute approximate surface area is 71.3 Å². The molecule has 1 radical (unpaired) electrons. The molecule has 1 aromatic rings. The summed E-state index contributed by atoms with van der Waals surface area (Å²) in [4.78, 5) is 0. The van der Waals surface area contributed by atoms with Crippen LogP contribution in [0, 0.1) is 6.07 Å². The minimum atomic E-state index is 0.459. The van der Waals surface area contributed by atoms with Crippen LogP contribution in [-0.4, -0.2) is 6.61 Å². The molecule has 2 heteroatoms. The van der Waals surface area contributed by atoms with Crippen molar-refractivity contribution in [3.05, 3.63) is 41.9 Å². The summed E-state index contributed by atoms with van der Waals surface area (Å²) < 4.78 is 5.18. The molecule has 1 nitrogen and oxygen atoms in total. The number of benzene rings is 1. The highest BCUT2D eigenvalue weighted by molar-refractivity contribution is 6.32. The second-order valence-corrected chi connectivity index (χ2v) is 2.35. The zero-order valence-corrected chi connectivity index (χ0v) is 6.77. The smallest absolute Gasteiger partial charge is 0.146 e. The summed E-state index contributed by atoms with van der Waals surface area (Å²) in [6.07, 6.45) is 1.66. The maximum Gasteiger partial charge on any atom is 0.146 e. The maximum absolute atomic E-state index is 5.77. The van der Waals surface area contributed by atoms with Gasteiger partial charge in [0, 0.05) is 6.07 Å². The van der Waals surface area contributed by atoms with E-state index in [1.807, 2.05) is 6.07 Å². The Morgan fingerprint density at radius 1 is 1.73 bits per heavy atom. The van der Waals surface area contributed by atoms with Gasteiger partial charge in [0.05, 0.1) is 5.02 Å². The molecule has 0 bridgehead atoms. The molecule has 1 rings (SSSR count). The lowest BCUT2D eigenvalue weighted by molar-refractivity contribution is 0.362. The zero-order valence-electron chi connectivity index (χ0n) is 6.01. The van der Waals surface area contributed by atoms with Gasteiger partial charge in [0.15, 0.2) is 0 Å². The van der Waals surface area contributed by atoms with E-state index in [0.717, 1.165) is 0 Å². The summed E-state index contributed by atoms with van der Waals surface area (Å²) in [6, 6.07) is 8.19. The first-order valence-electron chi connectivity index (χ1n) is 3.24. The number of hydrogen-bond acceptors (Lipinski definition) is 1. The van der Waals surface area contributed by atoms with Gasteiger partial charge in [0.25, 0.3) is 0 Å². The molecular weight excluding hydrogens is 160 g/mol. The lowest BCUT2D eigenvalue weighted by atomic mass is 10.3. The van der Waals surface area contributed by atoms with Crippen LogP contribution in [0.2, 0.25) is 5.02 Å². The molecule has 0 aliphatic carbocycles. The van der Waals surface area contributed by atoms with E-state index in [2.05, 4.69) is 12.6 Å². The molecule has 0 unspecified atom stereocenters. The van der Waals surface area contributed by atoms with Crippen LogP contribution in [0.4, 0.5) is 0 Å². The fraction of sp³-hybridized carbons (Fsp3) is 0.111. The molecule has 0 atom stereocenters. The van der Waals surface area contributed by atoms with Gasteiger partial charge in [-0.2, -0.15) is 0 Å². The third kappa shape index (κ3) is 2.28. The number of rotatable bonds is 3. The molecule has 1 aromatic carbocycles. The predicted molar refractivity (Wildman–Crippen MR) is 46.0 cm³/mol. The molecule has 0 aromatic heterocycles. The normalized spacial score (nSPS) is 9.18. The minimum Gasteiger partial charge on any atom is -0.487 e. The van der Waals surface area contributed by atoms with Crippen LogP contribution in [0.15, 0.2) is 30.9 Å². The Bertz CT molecular complexity index is 245. The highest BCUT2D eigenvalue weighted by Gasteiger charge is 1.96. The monoisotopic (exact) mass is 167 g/mol. The highest BCUT2D eigenvalue weighted by atomic mass is 35.5. The van der Waals surface area contributed by atoms with Crippen LogP contribution in [0.3, 0.4) is 0 Å². The van der Waals surface area contributed by atoms with Crippen LogP contribution >= 0.6 is 11.6 Å². The first-order valence-corrected chi connectivity index (χ1v) is 3.62. The van der Waals surface area contributed by atoms with Crippen molar-refractivity contribution in [2.45, 2.75) is 0 Å². The quantitative estimate of drug-likeness (QED) is 0.629. The number of halogens is 1. The van der Waals surface area contributed by atoms with Crippen molar-refractivity contribution in [2.24, 2.45) is 0 Å². The SMILES string of the molecule is C=CCOc1[c]cccc1Cl. The van der Waals surface area contributed by atoms with Crippen molar-refractivity contribution in [1.29, 1.82) is 0 Å².